The fourth-order valence-electron chi connectivity index (χ4n) is 2.56. The number of anilines is 1. The lowest BCUT2D eigenvalue weighted by Gasteiger charge is -2.23. The third kappa shape index (κ3) is 3.12. The number of hydrogen-bond donors (Lipinski definition) is 1. The average Bonchev–Trinajstić information content (AvgIpc) is 2.96. The average molecular weight is 396 g/mol. The molecule has 1 aliphatic rings. The predicted octanol–water partition coefficient (Wildman–Crippen LogP) is 3.42. The number of hydrogen-bond acceptors (Lipinski definition) is 3. The minimum Gasteiger partial charge on any atom is -0.306 e. The van der Waals surface area contributed by atoms with Crippen molar-refractivity contribution in [1.82, 2.24) is 9.78 Å². The summed E-state index contributed by atoms with van der Waals surface area (Å²) in [5.74, 6) is 1.34. The van der Waals surface area contributed by atoms with Crippen molar-refractivity contribution in [3.05, 3.63) is 45.6 Å². The van der Waals surface area contributed by atoms with Gasteiger partial charge in [-0.25, -0.2) is 4.68 Å². The van der Waals surface area contributed by atoms with Gasteiger partial charge in [0.2, 0.25) is 0 Å². The molecule has 2 heterocycles. The maximum absolute atomic E-state index is 12.6. The highest BCUT2D eigenvalue weighted by atomic mass is 79.9. The highest BCUT2D eigenvalue weighted by molar-refractivity contribution is 9.10. The van der Waals surface area contributed by atoms with E-state index in [9.17, 15) is 9.00 Å². The van der Waals surface area contributed by atoms with Crippen molar-refractivity contribution in [1.29, 1.82) is 0 Å². The van der Waals surface area contributed by atoms with Gasteiger partial charge in [0.15, 0.2) is 0 Å². The van der Waals surface area contributed by atoms with E-state index >= 15 is 0 Å². The zero-order valence-corrected chi connectivity index (χ0v) is 15.6. The molecule has 7 heteroatoms. The van der Waals surface area contributed by atoms with E-state index in [2.05, 4.69) is 26.3 Å². The molecule has 0 fully saturated rings. The van der Waals surface area contributed by atoms with Crippen LogP contribution in [-0.4, -0.2) is 19.9 Å². The van der Waals surface area contributed by atoms with Gasteiger partial charge in [0, 0.05) is 20.8 Å². The van der Waals surface area contributed by atoms with Crippen molar-refractivity contribution in [2.24, 2.45) is 0 Å². The molecule has 122 valence electrons. The second kappa shape index (κ2) is 5.87. The summed E-state index contributed by atoms with van der Waals surface area (Å²) >= 11 is 3.40. The Hall–Kier alpha value is -1.47. The Morgan fingerprint density at radius 3 is 2.65 bits per heavy atom. The Kier molecular flexibility index (Phi) is 4.18. The minimum atomic E-state index is -0.934. The lowest BCUT2D eigenvalue weighted by Crippen LogP contribution is -2.27. The van der Waals surface area contributed by atoms with Crippen LogP contribution in [0.3, 0.4) is 0 Å². The maximum atomic E-state index is 12.6. The van der Waals surface area contributed by atoms with E-state index in [-0.39, 0.29) is 11.4 Å². The van der Waals surface area contributed by atoms with Gasteiger partial charge in [0.1, 0.15) is 5.82 Å². The maximum Gasteiger partial charge on any atom is 0.257 e. The van der Waals surface area contributed by atoms with Crippen molar-refractivity contribution in [3.63, 3.8) is 0 Å². The van der Waals surface area contributed by atoms with Gasteiger partial charge >= 0.3 is 0 Å². The molecular formula is C16H18BrN3O2S. The van der Waals surface area contributed by atoms with Gasteiger partial charge in [-0.15, -0.1) is 0 Å². The first-order chi connectivity index (χ1) is 10.8. The quantitative estimate of drug-likeness (QED) is 0.846. The lowest BCUT2D eigenvalue weighted by molar-refractivity contribution is 0.102. The summed E-state index contributed by atoms with van der Waals surface area (Å²) in [6.45, 7) is 6.08. The standard InChI is InChI=1S/C16H18BrN3O2S/c1-16(2,3)20-14(11-8-23(22)9-13(11)19-20)18-15(21)10-6-4-5-7-12(10)17/h4-7H,8-9H2,1-3H3,(H,18,21)/t23-/m1/s1. The van der Waals surface area contributed by atoms with Crippen molar-refractivity contribution in [3.8, 4) is 0 Å². The van der Waals surface area contributed by atoms with E-state index < -0.39 is 10.8 Å². The van der Waals surface area contributed by atoms with E-state index in [0.29, 0.717) is 22.9 Å². The van der Waals surface area contributed by atoms with Crippen LogP contribution in [0.4, 0.5) is 5.82 Å². The number of amides is 1. The number of nitrogens with zero attached hydrogens (tertiary/aromatic N) is 2. The molecule has 0 bridgehead atoms. The molecule has 1 aromatic heterocycles. The molecule has 0 spiro atoms. The van der Waals surface area contributed by atoms with Crippen LogP contribution in [0.25, 0.3) is 0 Å². The molecule has 0 radical (unpaired) electrons. The van der Waals surface area contributed by atoms with Crippen LogP contribution in [0.2, 0.25) is 0 Å². The Bertz CT molecular complexity index is 808. The molecule has 3 rings (SSSR count). The topological polar surface area (TPSA) is 64.0 Å². The van der Waals surface area contributed by atoms with Crippen LogP contribution in [0.1, 0.15) is 42.4 Å². The van der Waals surface area contributed by atoms with Crippen LogP contribution in [-0.2, 0) is 27.8 Å². The number of fused-ring (bicyclic) bond motifs is 1. The molecule has 23 heavy (non-hydrogen) atoms. The summed E-state index contributed by atoms with van der Waals surface area (Å²) in [4.78, 5) is 12.6. The fraction of sp³-hybridized carbons (Fsp3) is 0.375. The molecule has 1 aromatic carbocycles. The van der Waals surface area contributed by atoms with E-state index in [1.807, 2.05) is 43.7 Å². The number of benzene rings is 1. The lowest BCUT2D eigenvalue weighted by atomic mass is 10.1. The molecule has 1 amide bonds. The van der Waals surface area contributed by atoms with Crippen molar-refractivity contribution in [2.45, 2.75) is 37.8 Å². The fourth-order valence-corrected chi connectivity index (χ4v) is 4.29. The largest absolute Gasteiger partial charge is 0.306 e. The molecule has 5 nitrogen and oxygen atoms in total. The molecule has 1 aliphatic heterocycles. The number of halogens is 1. The van der Waals surface area contributed by atoms with E-state index in [1.165, 1.54) is 0 Å². The molecular weight excluding hydrogens is 378 g/mol. The second-order valence-electron chi connectivity index (χ2n) is 6.52. The van der Waals surface area contributed by atoms with Gasteiger partial charge in [0.05, 0.1) is 28.3 Å². The van der Waals surface area contributed by atoms with E-state index in [0.717, 1.165) is 15.7 Å². The zero-order chi connectivity index (χ0) is 16.8. The predicted molar refractivity (Wildman–Crippen MR) is 94.9 cm³/mol. The second-order valence-corrected chi connectivity index (χ2v) is 8.83. The first-order valence-corrected chi connectivity index (χ1v) is 9.57. The Morgan fingerprint density at radius 1 is 1.30 bits per heavy atom. The van der Waals surface area contributed by atoms with E-state index in [1.54, 1.807) is 6.07 Å². The number of nitrogens with one attached hydrogen (secondary N) is 1. The normalized spacial score (nSPS) is 17.1. The van der Waals surface area contributed by atoms with Gasteiger partial charge in [0.25, 0.3) is 5.91 Å². The molecule has 0 aliphatic carbocycles. The summed E-state index contributed by atoms with van der Waals surface area (Å²) < 4.78 is 14.4. The number of carbonyl (C=O) groups is 1. The van der Waals surface area contributed by atoms with Gasteiger partial charge < -0.3 is 5.32 Å². The van der Waals surface area contributed by atoms with Crippen molar-refractivity contribution < 1.29 is 9.00 Å². The summed E-state index contributed by atoms with van der Waals surface area (Å²) in [5.41, 5.74) is 1.99. The highest BCUT2D eigenvalue weighted by Crippen LogP contribution is 2.33. The van der Waals surface area contributed by atoms with Crippen LogP contribution in [0, 0.1) is 0 Å². The minimum absolute atomic E-state index is 0.205. The monoisotopic (exact) mass is 395 g/mol. The Balaban J connectivity index is 2.01. The Labute approximate surface area is 146 Å². The first-order valence-electron chi connectivity index (χ1n) is 7.29. The summed E-state index contributed by atoms with van der Waals surface area (Å²) in [6.07, 6.45) is 0. The number of rotatable bonds is 2. The van der Waals surface area contributed by atoms with Crippen LogP contribution >= 0.6 is 15.9 Å². The van der Waals surface area contributed by atoms with Crippen LogP contribution in [0.15, 0.2) is 28.7 Å². The molecule has 0 saturated heterocycles. The van der Waals surface area contributed by atoms with Crippen molar-refractivity contribution >= 4 is 38.5 Å². The van der Waals surface area contributed by atoms with Gasteiger partial charge in [-0.2, -0.15) is 5.10 Å². The highest BCUT2D eigenvalue weighted by Gasteiger charge is 2.31. The molecule has 0 saturated carbocycles. The number of aromatic nitrogens is 2. The molecule has 1 atom stereocenters. The molecule has 1 N–H and O–H groups in total. The van der Waals surface area contributed by atoms with Crippen LogP contribution in [0.5, 0.6) is 0 Å². The summed E-state index contributed by atoms with van der Waals surface area (Å²) in [7, 11) is -0.934. The zero-order valence-electron chi connectivity index (χ0n) is 13.2. The summed E-state index contributed by atoms with van der Waals surface area (Å²) in [5, 5.41) is 7.55. The Morgan fingerprint density at radius 2 is 2.00 bits per heavy atom. The number of carbonyl (C=O) groups excluding carboxylic acids is 1. The molecule has 0 unspecified atom stereocenters. The van der Waals surface area contributed by atoms with Crippen LogP contribution < -0.4 is 5.32 Å². The van der Waals surface area contributed by atoms with E-state index in [4.69, 9.17) is 0 Å². The third-order valence-corrected chi connectivity index (χ3v) is 5.55. The SMILES string of the molecule is CC(C)(C)n1nc2c(c1NC(=O)c1ccccc1Br)C[S@@](=O)C2. The van der Waals surface area contributed by atoms with Crippen molar-refractivity contribution in [2.75, 3.05) is 5.32 Å². The smallest absolute Gasteiger partial charge is 0.257 e. The summed E-state index contributed by atoms with van der Waals surface area (Å²) in [6, 6.07) is 7.27. The third-order valence-electron chi connectivity index (χ3n) is 3.66. The van der Waals surface area contributed by atoms with Gasteiger partial charge in [-0.1, -0.05) is 12.1 Å². The molecule has 2 aromatic rings. The van der Waals surface area contributed by atoms with Gasteiger partial charge in [-0.05, 0) is 48.8 Å². The first kappa shape index (κ1) is 16.4. The van der Waals surface area contributed by atoms with Gasteiger partial charge in [-0.3, -0.25) is 9.00 Å².